The van der Waals surface area contributed by atoms with E-state index < -0.39 is 29.6 Å². The highest BCUT2D eigenvalue weighted by Crippen LogP contribution is 2.38. The van der Waals surface area contributed by atoms with Gasteiger partial charge < -0.3 is 19.3 Å². The van der Waals surface area contributed by atoms with Crippen LogP contribution in [0, 0.1) is 0 Å². The van der Waals surface area contributed by atoms with Crippen LogP contribution in [0.5, 0.6) is 0 Å². The van der Waals surface area contributed by atoms with Gasteiger partial charge in [0.2, 0.25) is 0 Å². The van der Waals surface area contributed by atoms with Gasteiger partial charge in [-0.3, -0.25) is 4.79 Å². The number of alkyl halides is 3. The van der Waals surface area contributed by atoms with Crippen LogP contribution in [0.3, 0.4) is 0 Å². The van der Waals surface area contributed by atoms with Crippen LogP contribution in [0.15, 0.2) is 35.4 Å². The molecule has 1 fully saturated rings. The van der Waals surface area contributed by atoms with Crippen molar-refractivity contribution in [1.29, 1.82) is 0 Å². The van der Waals surface area contributed by atoms with Crippen molar-refractivity contribution < 1.29 is 23.0 Å². The van der Waals surface area contributed by atoms with Crippen LogP contribution in [0.2, 0.25) is 10.0 Å². The van der Waals surface area contributed by atoms with Crippen molar-refractivity contribution >= 4 is 28.9 Å². The largest absolute Gasteiger partial charge is 0.416 e. The number of aromatic nitrogens is 4. The predicted molar refractivity (Wildman–Crippen MR) is 126 cm³/mol. The van der Waals surface area contributed by atoms with Gasteiger partial charge in [-0.2, -0.15) is 23.0 Å². The fourth-order valence-electron chi connectivity index (χ4n) is 4.66. The molecular formula is C23H22Cl2F3N5O3. The number of aliphatic hydroxyl groups excluding tert-OH is 1. The number of halogens is 5. The van der Waals surface area contributed by atoms with Gasteiger partial charge in [0.25, 0.3) is 5.56 Å². The van der Waals surface area contributed by atoms with Crippen LogP contribution in [-0.4, -0.2) is 37.6 Å². The molecular weight excluding hydrogens is 522 g/mol. The first kappa shape index (κ1) is 25.1. The minimum Gasteiger partial charge on any atom is -0.382 e. The molecule has 0 bridgehead atoms. The van der Waals surface area contributed by atoms with Crippen molar-refractivity contribution in [3.8, 4) is 0 Å². The molecule has 0 spiro atoms. The number of aliphatic hydroxyl groups is 1. The van der Waals surface area contributed by atoms with Crippen molar-refractivity contribution in [1.82, 2.24) is 19.3 Å². The van der Waals surface area contributed by atoms with E-state index in [1.807, 2.05) is 4.90 Å². The number of rotatable bonds is 4. The van der Waals surface area contributed by atoms with Crippen LogP contribution in [0.1, 0.15) is 54.2 Å². The fourth-order valence-corrected chi connectivity index (χ4v) is 5.08. The summed E-state index contributed by atoms with van der Waals surface area (Å²) in [6.45, 7) is 1.47. The molecule has 13 heteroatoms. The SMILES string of the molecule is O=c1c(Cl)c(N2CCn3c(C(O)c4ccc(Cl)cc4C(F)(F)F)cnc3C2)cnn1C1CCCCO1. The van der Waals surface area contributed by atoms with Crippen LogP contribution in [0.25, 0.3) is 0 Å². The summed E-state index contributed by atoms with van der Waals surface area (Å²) in [5.41, 5.74) is -1.10. The molecule has 8 nitrogen and oxygen atoms in total. The zero-order valence-corrected chi connectivity index (χ0v) is 20.4. The summed E-state index contributed by atoms with van der Waals surface area (Å²) in [5, 5.41) is 15.1. The summed E-state index contributed by atoms with van der Waals surface area (Å²) < 4.78 is 49.3. The molecule has 2 aromatic heterocycles. The average molecular weight is 544 g/mol. The first-order valence-corrected chi connectivity index (χ1v) is 12.1. The highest BCUT2D eigenvalue weighted by molar-refractivity contribution is 6.33. The summed E-state index contributed by atoms with van der Waals surface area (Å²) in [4.78, 5) is 19.0. The van der Waals surface area contributed by atoms with E-state index in [-0.39, 0.29) is 27.8 Å². The minimum absolute atomic E-state index is 0.00965. The monoisotopic (exact) mass is 543 g/mol. The smallest absolute Gasteiger partial charge is 0.382 e. The van der Waals surface area contributed by atoms with Gasteiger partial charge in [-0.1, -0.05) is 29.3 Å². The molecule has 0 amide bonds. The second-order valence-electron chi connectivity index (χ2n) is 8.72. The summed E-state index contributed by atoms with van der Waals surface area (Å²) in [6, 6.07) is 3.27. The van der Waals surface area contributed by atoms with E-state index in [0.29, 0.717) is 37.6 Å². The van der Waals surface area contributed by atoms with E-state index in [1.54, 1.807) is 4.57 Å². The molecule has 5 rings (SSSR count). The maximum Gasteiger partial charge on any atom is 0.416 e. The molecule has 2 aliphatic rings. The summed E-state index contributed by atoms with van der Waals surface area (Å²) in [5.74, 6) is 0.508. The number of fused-ring (bicyclic) bond motifs is 1. The number of benzene rings is 1. The Balaban J connectivity index is 1.41. The fraction of sp³-hybridized carbons (Fsp3) is 0.435. The number of imidazole rings is 1. The lowest BCUT2D eigenvalue weighted by molar-refractivity contribution is -0.139. The molecule has 1 aromatic carbocycles. The lowest BCUT2D eigenvalue weighted by Crippen LogP contribution is -2.37. The highest BCUT2D eigenvalue weighted by atomic mass is 35.5. The number of hydrogen-bond acceptors (Lipinski definition) is 6. The molecule has 0 radical (unpaired) electrons. The Morgan fingerprint density at radius 3 is 2.69 bits per heavy atom. The number of anilines is 1. The molecule has 0 saturated carbocycles. The standard InChI is InChI=1S/C23H22Cl2F3N5O3/c24-13-4-5-14(15(9-13)23(26,27)28)21(34)17-10-29-18-12-31(6-7-32(17)18)16-11-30-33(22(35)20(16)25)19-3-1-2-8-36-19/h4-5,9-11,19,21,34H,1-3,6-8,12H2. The molecule has 2 aliphatic heterocycles. The summed E-state index contributed by atoms with van der Waals surface area (Å²) in [6.07, 6.45) is -1.28. The van der Waals surface area contributed by atoms with Crippen LogP contribution in [0.4, 0.5) is 18.9 Å². The zero-order chi connectivity index (χ0) is 25.6. The summed E-state index contributed by atoms with van der Waals surface area (Å²) >= 11 is 12.2. The molecule has 2 unspecified atom stereocenters. The van der Waals surface area contributed by atoms with Crippen LogP contribution >= 0.6 is 23.2 Å². The van der Waals surface area contributed by atoms with Gasteiger partial charge in [-0.15, -0.1) is 0 Å². The maximum absolute atomic E-state index is 13.6. The molecule has 192 valence electrons. The van der Waals surface area contributed by atoms with Gasteiger partial charge in [-0.25, -0.2) is 4.98 Å². The van der Waals surface area contributed by atoms with Crippen molar-refractivity contribution in [2.75, 3.05) is 18.1 Å². The van der Waals surface area contributed by atoms with Gasteiger partial charge in [0.1, 0.15) is 17.0 Å². The van der Waals surface area contributed by atoms with Crippen molar-refractivity contribution in [3.05, 3.63) is 73.6 Å². The Labute approximate surface area is 213 Å². The van der Waals surface area contributed by atoms with Gasteiger partial charge in [0.15, 0.2) is 6.23 Å². The molecule has 1 saturated heterocycles. The number of hydrogen-bond donors (Lipinski definition) is 1. The normalized spacial score (nSPS) is 19.3. The van der Waals surface area contributed by atoms with Gasteiger partial charge in [-0.05, 0) is 37.0 Å². The van der Waals surface area contributed by atoms with Crippen LogP contribution in [-0.2, 0) is 24.0 Å². The molecule has 4 heterocycles. The first-order chi connectivity index (χ1) is 17.1. The lowest BCUT2D eigenvalue weighted by Gasteiger charge is -2.31. The minimum atomic E-state index is -4.69. The maximum atomic E-state index is 13.6. The predicted octanol–water partition coefficient (Wildman–Crippen LogP) is 4.57. The Hall–Kier alpha value is -2.60. The van der Waals surface area contributed by atoms with Gasteiger partial charge in [0, 0.05) is 24.7 Å². The molecule has 2 atom stereocenters. The quantitative estimate of drug-likeness (QED) is 0.519. The average Bonchev–Trinajstić information content (AvgIpc) is 3.28. The van der Waals surface area contributed by atoms with E-state index in [1.165, 1.54) is 29.2 Å². The van der Waals surface area contributed by atoms with Crippen molar-refractivity contribution in [3.63, 3.8) is 0 Å². The topological polar surface area (TPSA) is 85.4 Å². The third-order valence-corrected chi connectivity index (χ3v) is 7.08. The Morgan fingerprint density at radius 1 is 1.17 bits per heavy atom. The van der Waals surface area contributed by atoms with Crippen LogP contribution < -0.4 is 10.5 Å². The van der Waals surface area contributed by atoms with E-state index in [2.05, 4.69) is 10.1 Å². The first-order valence-electron chi connectivity index (χ1n) is 11.4. The number of ether oxygens (including phenoxy) is 1. The third kappa shape index (κ3) is 4.60. The van der Waals surface area contributed by atoms with E-state index in [0.717, 1.165) is 18.9 Å². The third-order valence-electron chi connectivity index (χ3n) is 6.48. The van der Waals surface area contributed by atoms with Gasteiger partial charge >= 0.3 is 6.18 Å². The molecule has 3 aromatic rings. The van der Waals surface area contributed by atoms with Crippen molar-refractivity contribution in [2.24, 2.45) is 0 Å². The van der Waals surface area contributed by atoms with E-state index in [4.69, 9.17) is 27.9 Å². The van der Waals surface area contributed by atoms with Crippen molar-refractivity contribution in [2.45, 2.75) is 50.9 Å². The Kier molecular flexibility index (Phi) is 6.75. The second-order valence-corrected chi connectivity index (χ2v) is 9.53. The van der Waals surface area contributed by atoms with E-state index in [9.17, 15) is 23.1 Å². The molecule has 0 aliphatic carbocycles. The highest BCUT2D eigenvalue weighted by Gasteiger charge is 2.37. The summed E-state index contributed by atoms with van der Waals surface area (Å²) in [7, 11) is 0. The second kappa shape index (κ2) is 9.70. The zero-order valence-electron chi connectivity index (χ0n) is 18.9. The van der Waals surface area contributed by atoms with E-state index >= 15 is 0 Å². The molecule has 1 N–H and O–H groups in total. The van der Waals surface area contributed by atoms with Gasteiger partial charge in [0.05, 0.1) is 35.9 Å². The Morgan fingerprint density at radius 2 is 1.97 bits per heavy atom. The number of nitrogens with zero attached hydrogens (tertiary/aromatic N) is 5. The Bertz CT molecular complexity index is 1340. The lowest BCUT2D eigenvalue weighted by atomic mass is 10.00. The molecule has 36 heavy (non-hydrogen) atoms.